The number of thiazole rings is 1. The fourth-order valence-corrected chi connectivity index (χ4v) is 6.87. The van der Waals surface area contributed by atoms with Crippen LogP contribution in [0.25, 0.3) is 0 Å². The first-order chi connectivity index (χ1) is 15.2. The lowest BCUT2D eigenvalue weighted by Gasteiger charge is -2.30. The SMILES string of the molecule is Cc1ccccc1C1c2sc(=O)[nH]c2SC2C(=O)N(c3cccc(C(F)(F)F)c3)C(=O)C21. The molecule has 1 N–H and O–H groups in total. The van der Waals surface area contributed by atoms with Gasteiger partial charge in [0.1, 0.15) is 5.25 Å². The van der Waals surface area contributed by atoms with Crippen molar-refractivity contribution in [1.29, 1.82) is 0 Å². The zero-order chi connectivity index (χ0) is 22.8. The van der Waals surface area contributed by atoms with Crippen LogP contribution in [0.15, 0.2) is 58.4 Å². The summed E-state index contributed by atoms with van der Waals surface area (Å²) in [6.07, 6.45) is -4.60. The average molecular weight is 477 g/mol. The first-order valence-corrected chi connectivity index (χ1v) is 11.4. The lowest BCUT2D eigenvalue weighted by molar-refractivity contribution is -0.137. The number of hydrogen-bond acceptors (Lipinski definition) is 5. The second kappa shape index (κ2) is 7.35. The van der Waals surface area contributed by atoms with Crippen LogP contribution in [0.2, 0.25) is 0 Å². The first kappa shape index (κ1) is 21.0. The Labute approximate surface area is 188 Å². The maximum Gasteiger partial charge on any atom is 0.416 e. The monoisotopic (exact) mass is 476 g/mol. The minimum absolute atomic E-state index is 0.106. The molecule has 3 unspecified atom stereocenters. The number of thioether (sulfide) groups is 1. The van der Waals surface area contributed by atoms with E-state index >= 15 is 0 Å². The molecular weight excluding hydrogens is 461 g/mol. The quantitative estimate of drug-likeness (QED) is 0.551. The number of benzene rings is 2. The zero-order valence-electron chi connectivity index (χ0n) is 16.5. The molecule has 0 spiro atoms. The van der Waals surface area contributed by atoms with Crippen molar-refractivity contribution in [1.82, 2.24) is 4.98 Å². The van der Waals surface area contributed by atoms with E-state index in [0.29, 0.717) is 9.90 Å². The number of nitrogens with one attached hydrogen (secondary N) is 1. The van der Waals surface area contributed by atoms with Gasteiger partial charge in [-0.05, 0) is 36.2 Å². The van der Waals surface area contributed by atoms with Crippen molar-refractivity contribution in [2.24, 2.45) is 5.92 Å². The van der Waals surface area contributed by atoms with Gasteiger partial charge in [-0.15, -0.1) is 0 Å². The van der Waals surface area contributed by atoms with E-state index in [1.165, 1.54) is 12.1 Å². The molecule has 0 saturated carbocycles. The summed E-state index contributed by atoms with van der Waals surface area (Å²) < 4.78 is 39.7. The standard InChI is InChI=1S/C22H15F3N2O3S2/c1-10-5-2-3-8-13(10)14-15-17(31-18-16(14)32-21(30)26-18)20(29)27(19(15)28)12-7-4-6-11(9-12)22(23,24)25/h2-9,14-15,17H,1H3,(H,26,30). The van der Waals surface area contributed by atoms with Crippen molar-refractivity contribution in [2.75, 3.05) is 4.90 Å². The van der Waals surface area contributed by atoms with Crippen LogP contribution in [0.3, 0.4) is 0 Å². The van der Waals surface area contributed by atoms with Crippen molar-refractivity contribution in [3.63, 3.8) is 0 Å². The lowest BCUT2D eigenvalue weighted by atomic mass is 9.81. The van der Waals surface area contributed by atoms with Gasteiger partial charge in [-0.1, -0.05) is 53.4 Å². The Morgan fingerprint density at radius 2 is 1.75 bits per heavy atom. The van der Waals surface area contributed by atoms with Gasteiger partial charge in [-0.2, -0.15) is 13.2 Å². The Kier molecular flexibility index (Phi) is 4.82. The minimum Gasteiger partial charge on any atom is -0.307 e. The van der Waals surface area contributed by atoms with Gasteiger partial charge in [0.05, 0.1) is 22.2 Å². The summed E-state index contributed by atoms with van der Waals surface area (Å²) in [6.45, 7) is 1.88. The van der Waals surface area contributed by atoms with E-state index in [2.05, 4.69) is 4.98 Å². The molecule has 164 valence electrons. The molecule has 0 bridgehead atoms. The molecule has 3 atom stereocenters. The molecule has 32 heavy (non-hydrogen) atoms. The molecule has 10 heteroatoms. The number of amides is 2. The van der Waals surface area contributed by atoms with Gasteiger partial charge >= 0.3 is 11.0 Å². The Morgan fingerprint density at radius 1 is 1.00 bits per heavy atom. The fourth-order valence-electron chi connectivity index (χ4n) is 4.36. The van der Waals surface area contributed by atoms with E-state index in [4.69, 9.17) is 0 Å². The highest BCUT2D eigenvalue weighted by Crippen LogP contribution is 2.53. The number of carbonyl (C=O) groups excluding carboxylic acids is 2. The number of hydrogen-bond donors (Lipinski definition) is 1. The number of aryl methyl sites for hydroxylation is 1. The van der Waals surface area contributed by atoms with Crippen LogP contribution in [-0.2, 0) is 15.8 Å². The third-order valence-corrected chi connectivity index (χ3v) is 8.18. The summed E-state index contributed by atoms with van der Waals surface area (Å²) in [7, 11) is 0. The number of alkyl halides is 3. The molecule has 2 amide bonds. The van der Waals surface area contributed by atoms with Gasteiger partial charge in [0.25, 0.3) is 0 Å². The predicted octanol–water partition coefficient (Wildman–Crippen LogP) is 4.56. The van der Waals surface area contributed by atoms with Gasteiger partial charge in [-0.25, -0.2) is 4.90 Å². The van der Waals surface area contributed by atoms with Crippen molar-refractivity contribution in [3.8, 4) is 0 Å². The van der Waals surface area contributed by atoms with Gasteiger partial charge in [0.15, 0.2) is 0 Å². The van der Waals surface area contributed by atoms with Crippen molar-refractivity contribution < 1.29 is 22.8 Å². The number of halogens is 3. The maximum absolute atomic E-state index is 13.6. The van der Waals surface area contributed by atoms with Gasteiger partial charge in [-0.3, -0.25) is 14.4 Å². The molecule has 5 nitrogen and oxygen atoms in total. The summed E-state index contributed by atoms with van der Waals surface area (Å²) in [6, 6.07) is 11.6. The molecule has 1 fully saturated rings. The maximum atomic E-state index is 13.6. The van der Waals surface area contributed by atoms with Gasteiger partial charge in [0.2, 0.25) is 11.8 Å². The summed E-state index contributed by atoms with van der Waals surface area (Å²) in [5.74, 6) is -2.53. The molecule has 3 heterocycles. The number of nitrogens with zero attached hydrogens (tertiary/aromatic N) is 1. The van der Waals surface area contributed by atoms with Crippen molar-refractivity contribution >= 4 is 40.6 Å². The number of anilines is 1. The van der Waals surface area contributed by atoms with Crippen LogP contribution in [0, 0.1) is 12.8 Å². The Bertz CT molecular complexity index is 1310. The molecule has 0 aliphatic carbocycles. The second-order valence-corrected chi connectivity index (χ2v) is 9.83. The van der Waals surface area contributed by atoms with E-state index < -0.39 is 40.6 Å². The van der Waals surface area contributed by atoms with Crippen LogP contribution < -0.4 is 9.77 Å². The molecule has 1 saturated heterocycles. The van der Waals surface area contributed by atoms with E-state index in [-0.39, 0.29) is 10.6 Å². The Morgan fingerprint density at radius 3 is 2.47 bits per heavy atom. The van der Waals surface area contributed by atoms with Crippen LogP contribution in [0.4, 0.5) is 18.9 Å². The molecule has 0 radical (unpaired) electrons. The molecule has 2 aliphatic rings. The van der Waals surface area contributed by atoms with E-state index in [1.54, 1.807) is 0 Å². The number of fused-ring (bicyclic) bond motifs is 2. The number of aromatic nitrogens is 1. The van der Waals surface area contributed by atoms with Crippen LogP contribution in [0.1, 0.15) is 27.5 Å². The van der Waals surface area contributed by atoms with Crippen molar-refractivity contribution in [3.05, 3.63) is 79.8 Å². The summed E-state index contributed by atoms with van der Waals surface area (Å²) in [4.78, 5) is 42.9. The van der Waals surface area contributed by atoms with Crippen molar-refractivity contribution in [2.45, 2.75) is 29.3 Å². The summed E-state index contributed by atoms with van der Waals surface area (Å²) in [5, 5.41) is -0.319. The zero-order valence-corrected chi connectivity index (χ0v) is 18.1. The van der Waals surface area contributed by atoms with Gasteiger partial charge in [0, 0.05) is 10.8 Å². The number of imide groups is 1. The third kappa shape index (κ3) is 3.20. The smallest absolute Gasteiger partial charge is 0.307 e. The molecule has 1 aromatic heterocycles. The number of rotatable bonds is 2. The molecule has 2 aromatic carbocycles. The third-order valence-electron chi connectivity index (χ3n) is 5.78. The predicted molar refractivity (Wildman–Crippen MR) is 115 cm³/mol. The topological polar surface area (TPSA) is 70.2 Å². The molecule has 5 rings (SSSR count). The number of aromatic amines is 1. The van der Waals surface area contributed by atoms with Crippen LogP contribution in [-0.4, -0.2) is 22.0 Å². The van der Waals surface area contributed by atoms with Crippen LogP contribution >= 0.6 is 23.1 Å². The highest BCUT2D eigenvalue weighted by atomic mass is 32.2. The minimum atomic E-state index is -4.60. The summed E-state index contributed by atoms with van der Waals surface area (Å²) in [5.41, 5.74) is 0.668. The Balaban J connectivity index is 1.64. The van der Waals surface area contributed by atoms with E-state index in [0.717, 1.165) is 51.3 Å². The number of H-pyrrole nitrogens is 1. The normalized spacial score (nSPS) is 22.8. The Hall–Kier alpha value is -2.85. The lowest BCUT2D eigenvalue weighted by Crippen LogP contribution is -2.32. The first-order valence-electron chi connectivity index (χ1n) is 9.67. The molecule has 3 aromatic rings. The largest absolute Gasteiger partial charge is 0.416 e. The molecule has 2 aliphatic heterocycles. The average Bonchev–Trinajstić information content (AvgIpc) is 3.23. The summed E-state index contributed by atoms with van der Waals surface area (Å²) >= 11 is 2.09. The molecular formula is C22H15F3N2O3S2. The fraction of sp³-hybridized carbons (Fsp3) is 0.227. The van der Waals surface area contributed by atoms with Crippen LogP contribution in [0.5, 0.6) is 0 Å². The highest BCUT2D eigenvalue weighted by Gasteiger charge is 2.56. The van der Waals surface area contributed by atoms with E-state index in [9.17, 15) is 27.6 Å². The second-order valence-electron chi connectivity index (χ2n) is 7.67. The highest BCUT2D eigenvalue weighted by molar-refractivity contribution is 8.00. The van der Waals surface area contributed by atoms with E-state index in [1.807, 2.05) is 31.2 Å². The number of carbonyl (C=O) groups is 2. The van der Waals surface area contributed by atoms with Gasteiger partial charge < -0.3 is 4.98 Å².